The van der Waals surface area contributed by atoms with E-state index in [1.807, 2.05) is 6.92 Å². The summed E-state index contributed by atoms with van der Waals surface area (Å²) in [6, 6.07) is 2.94. The highest BCUT2D eigenvalue weighted by atomic mass is 16.6. The number of nitrogens with zero attached hydrogens (tertiary/aromatic N) is 3. The second-order valence-corrected chi connectivity index (χ2v) is 4.29. The second-order valence-electron chi connectivity index (χ2n) is 4.29. The SMILES string of the molecule is C=C(C)COCCNc1ccc([N+](=O)[O-])c2nonc12. The number of ether oxygens (including phenoxy) is 1. The monoisotopic (exact) mass is 278 g/mol. The highest BCUT2D eigenvalue weighted by Crippen LogP contribution is 2.28. The first-order valence-electron chi connectivity index (χ1n) is 5.95. The summed E-state index contributed by atoms with van der Waals surface area (Å²) in [5.74, 6) is 0. The number of nitro benzene ring substituents is 1. The van der Waals surface area contributed by atoms with Crippen LogP contribution in [0.3, 0.4) is 0 Å². The van der Waals surface area contributed by atoms with E-state index >= 15 is 0 Å². The van der Waals surface area contributed by atoms with Gasteiger partial charge < -0.3 is 10.1 Å². The Morgan fingerprint density at radius 1 is 1.50 bits per heavy atom. The molecule has 1 aromatic carbocycles. The number of rotatable bonds is 7. The number of fused-ring (bicyclic) bond motifs is 1. The third-order valence-corrected chi connectivity index (χ3v) is 2.50. The van der Waals surface area contributed by atoms with Gasteiger partial charge in [-0.25, -0.2) is 4.63 Å². The van der Waals surface area contributed by atoms with Gasteiger partial charge in [-0.1, -0.05) is 12.2 Å². The van der Waals surface area contributed by atoms with Gasteiger partial charge in [0.05, 0.1) is 23.8 Å². The summed E-state index contributed by atoms with van der Waals surface area (Å²) in [5, 5.41) is 21.1. The molecule has 8 nitrogen and oxygen atoms in total. The van der Waals surface area contributed by atoms with Crippen LogP contribution in [-0.4, -0.2) is 35.0 Å². The van der Waals surface area contributed by atoms with E-state index in [9.17, 15) is 10.1 Å². The van der Waals surface area contributed by atoms with Crippen molar-refractivity contribution in [1.29, 1.82) is 0 Å². The standard InChI is InChI=1S/C12H14N4O4/c1-8(2)7-19-6-5-13-9-3-4-10(16(17)18)12-11(9)14-20-15-12/h3-4,13H,1,5-7H2,2H3. The lowest BCUT2D eigenvalue weighted by Gasteiger charge is -2.07. The van der Waals surface area contributed by atoms with E-state index in [1.165, 1.54) is 6.07 Å². The molecule has 2 rings (SSSR count). The smallest absolute Gasteiger partial charge is 0.300 e. The predicted molar refractivity (Wildman–Crippen MR) is 72.6 cm³/mol. The molecule has 0 amide bonds. The Morgan fingerprint density at radius 3 is 2.95 bits per heavy atom. The lowest BCUT2D eigenvalue weighted by Crippen LogP contribution is -2.10. The van der Waals surface area contributed by atoms with Gasteiger partial charge in [-0.15, -0.1) is 0 Å². The fraction of sp³-hybridized carbons (Fsp3) is 0.333. The van der Waals surface area contributed by atoms with Crippen LogP contribution in [0.25, 0.3) is 11.0 Å². The maximum Gasteiger partial charge on any atom is 0.300 e. The Hall–Kier alpha value is -2.48. The van der Waals surface area contributed by atoms with Gasteiger partial charge in [0, 0.05) is 12.6 Å². The number of non-ortho nitro benzene ring substituents is 1. The van der Waals surface area contributed by atoms with Gasteiger partial charge in [-0.2, -0.15) is 0 Å². The molecule has 0 spiro atoms. The van der Waals surface area contributed by atoms with Crippen molar-refractivity contribution >= 4 is 22.4 Å². The number of nitro groups is 1. The van der Waals surface area contributed by atoms with Gasteiger partial charge in [0.2, 0.25) is 5.52 Å². The molecular weight excluding hydrogens is 264 g/mol. The average molecular weight is 278 g/mol. The number of benzene rings is 1. The third kappa shape index (κ3) is 3.09. The summed E-state index contributed by atoms with van der Waals surface area (Å²) in [6.45, 7) is 7.13. The van der Waals surface area contributed by atoms with Crippen molar-refractivity contribution in [3.63, 3.8) is 0 Å². The Morgan fingerprint density at radius 2 is 2.25 bits per heavy atom. The van der Waals surface area contributed by atoms with Gasteiger partial charge in [0.1, 0.15) is 0 Å². The molecule has 1 aromatic heterocycles. The van der Waals surface area contributed by atoms with Gasteiger partial charge in [0.15, 0.2) is 5.52 Å². The van der Waals surface area contributed by atoms with Gasteiger partial charge in [-0.05, 0) is 23.3 Å². The van der Waals surface area contributed by atoms with E-state index in [4.69, 9.17) is 4.74 Å². The average Bonchev–Trinajstić information content (AvgIpc) is 2.86. The zero-order valence-corrected chi connectivity index (χ0v) is 11.0. The fourth-order valence-electron chi connectivity index (χ4n) is 1.65. The van der Waals surface area contributed by atoms with Crippen LogP contribution in [0, 0.1) is 10.1 Å². The molecule has 0 radical (unpaired) electrons. The first-order chi connectivity index (χ1) is 9.59. The molecule has 0 aliphatic rings. The summed E-state index contributed by atoms with van der Waals surface area (Å²) in [4.78, 5) is 10.3. The molecule has 0 aliphatic heterocycles. The lowest BCUT2D eigenvalue weighted by atomic mass is 10.2. The highest BCUT2D eigenvalue weighted by molar-refractivity contribution is 5.93. The topological polar surface area (TPSA) is 103 Å². The van der Waals surface area contributed by atoms with E-state index < -0.39 is 4.92 Å². The van der Waals surface area contributed by atoms with Crippen LogP contribution in [0.5, 0.6) is 0 Å². The molecule has 0 saturated carbocycles. The van der Waals surface area contributed by atoms with Crippen LogP contribution >= 0.6 is 0 Å². The fourth-order valence-corrected chi connectivity index (χ4v) is 1.65. The zero-order valence-electron chi connectivity index (χ0n) is 11.0. The summed E-state index contributed by atoms with van der Waals surface area (Å²) in [6.07, 6.45) is 0. The van der Waals surface area contributed by atoms with E-state index in [0.29, 0.717) is 31.0 Å². The summed E-state index contributed by atoms with van der Waals surface area (Å²) < 4.78 is 9.91. The molecular formula is C12H14N4O4. The summed E-state index contributed by atoms with van der Waals surface area (Å²) in [7, 11) is 0. The molecule has 0 fully saturated rings. The van der Waals surface area contributed by atoms with E-state index in [1.54, 1.807) is 6.07 Å². The number of anilines is 1. The van der Waals surface area contributed by atoms with Crippen LogP contribution in [0.2, 0.25) is 0 Å². The van der Waals surface area contributed by atoms with E-state index in [0.717, 1.165) is 5.57 Å². The maximum atomic E-state index is 10.8. The molecule has 8 heteroatoms. The van der Waals surface area contributed by atoms with Crippen molar-refractivity contribution in [2.45, 2.75) is 6.92 Å². The summed E-state index contributed by atoms with van der Waals surface area (Å²) in [5.41, 5.74) is 1.89. The quantitative estimate of drug-likeness (QED) is 0.358. The minimum atomic E-state index is -0.522. The van der Waals surface area contributed by atoms with Gasteiger partial charge in [-0.3, -0.25) is 10.1 Å². The molecule has 0 unspecified atom stereocenters. The molecule has 0 aliphatic carbocycles. The van der Waals surface area contributed by atoms with Crippen molar-refractivity contribution in [3.8, 4) is 0 Å². The van der Waals surface area contributed by atoms with Crippen molar-refractivity contribution in [1.82, 2.24) is 10.3 Å². The van der Waals surface area contributed by atoms with Crippen LogP contribution in [0.4, 0.5) is 11.4 Å². The molecule has 20 heavy (non-hydrogen) atoms. The first kappa shape index (κ1) is 13.9. The minimum Gasteiger partial charge on any atom is -0.381 e. The molecule has 0 bridgehead atoms. The largest absolute Gasteiger partial charge is 0.381 e. The number of aromatic nitrogens is 2. The molecule has 1 N–H and O–H groups in total. The van der Waals surface area contributed by atoms with Crippen molar-refractivity contribution in [2.75, 3.05) is 25.1 Å². The Labute approximate surface area is 114 Å². The molecule has 2 aromatic rings. The predicted octanol–water partition coefficient (Wildman–Crippen LogP) is 2.14. The second kappa shape index (κ2) is 6.11. The summed E-state index contributed by atoms with van der Waals surface area (Å²) >= 11 is 0. The first-order valence-corrected chi connectivity index (χ1v) is 5.95. The number of nitrogens with one attached hydrogen (secondary N) is 1. The molecule has 106 valence electrons. The normalized spacial score (nSPS) is 10.7. The third-order valence-electron chi connectivity index (χ3n) is 2.50. The highest BCUT2D eigenvalue weighted by Gasteiger charge is 2.19. The molecule has 1 heterocycles. The Bertz CT molecular complexity index is 637. The van der Waals surface area contributed by atoms with Crippen molar-refractivity contribution in [3.05, 3.63) is 34.4 Å². The minimum absolute atomic E-state index is 0.128. The number of hydrogen-bond acceptors (Lipinski definition) is 7. The number of hydrogen-bond donors (Lipinski definition) is 1. The van der Waals surface area contributed by atoms with Crippen molar-refractivity contribution in [2.24, 2.45) is 0 Å². The van der Waals surface area contributed by atoms with Crippen LogP contribution in [-0.2, 0) is 4.74 Å². The van der Waals surface area contributed by atoms with Crippen LogP contribution < -0.4 is 5.32 Å². The Balaban J connectivity index is 2.04. The van der Waals surface area contributed by atoms with Crippen LogP contribution in [0.1, 0.15) is 6.92 Å². The van der Waals surface area contributed by atoms with E-state index in [-0.39, 0.29) is 11.2 Å². The molecule has 0 atom stereocenters. The van der Waals surface area contributed by atoms with Crippen molar-refractivity contribution < 1.29 is 14.3 Å². The maximum absolute atomic E-state index is 10.8. The van der Waals surface area contributed by atoms with Gasteiger partial charge in [0.25, 0.3) is 0 Å². The Kier molecular flexibility index (Phi) is 4.26. The lowest BCUT2D eigenvalue weighted by molar-refractivity contribution is -0.383. The zero-order chi connectivity index (χ0) is 14.5. The van der Waals surface area contributed by atoms with Gasteiger partial charge >= 0.3 is 5.69 Å². The van der Waals surface area contributed by atoms with Crippen LogP contribution in [0.15, 0.2) is 28.9 Å². The van der Waals surface area contributed by atoms with E-state index in [2.05, 4.69) is 26.8 Å². The molecule has 0 saturated heterocycles.